The topological polar surface area (TPSA) is 12.9 Å². The third kappa shape index (κ3) is 4.87. The van der Waals surface area contributed by atoms with Crippen molar-refractivity contribution < 1.29 is 0 Å². The van der Waals surface area contributed by atoms with Crippen molar-refractivity contribution >= 4 is 27.1 Å². The highest BCUT2D eigenvalue weighted by atomic mass is 32.1. The Hall–Kier alpha value is -1.93. The van der Waals surface area contributed by atoms with Gasteiger partial charge in [-0.15, -0.1) is 11.3 Å². The molecule has 0 atom stereocenters. The molecule has 0 N–H and O–H groups in total. The highest BCUT2D eigenvalue weighted by molar-refractivity contribution is 7.18. The van der Waals surface area contributed by atoms with E-state index in [1.165, 1.54) is 84.1 Å². The van der Waals surface area contributed by atoms with Crippen molar-refractivity contribution in [1.29, 1.82) is 0 Å². The van der Waals surface area contributed by atoms with Gasteiger partial charge in [-0.1, -0.05) is 93.5 Å². The number of rotatable bonds is 2. The van der Waals surface area contributed by atoms with Gasteiger partial charge in [0, 0.05) is 5.92 Å². The molecule has 0 spiro atoms. The summed E-state index contributed by atoms with van der Waals surface area (Å²) in [5.74, 6) is 0.664. The summed E-state index contributed by atoms with van der Waals surface area (Å²) in [7, 11) is 0. The second-order valence-electron chi connectivity index (χ2n) is 7.73. The largest absolute Gasteiger partial charge is 0.241 e. The van der Waals surface area contributed by atoms with Crippen molar-refractivity contribution in [2.24, 2.45) is 0 Å². The molecule has 0 bridgehead atoms. The Balaban J connectivity index is 1.58. The van der Waals surface area contributed by atoms with Crippen molar-refractivity contribution in [3.8, 4) is 0 Å². The highest BCUT2D eigenvalue weighted by Gasteiger charge is 2.17. The number of nitrogens with zero attached hydrogens (tertiary/aromatic N) is 1. The van der Waals surface area contributed by atoms with Gasteiger partial charge >= 0.3 is 0 Å². The van der Waals surface area contributed by atoms with Crippen LogP contribution in [-0.4, -0.2) is 4.98 Å². The fraction of sp³-hybridized carbons (Fsp3) is 0.400. The number of thiazole rings is 1. The Morgan fingerprint density at radius 3 is 2.30 bits per heavy atom. The van der Waals surface area contributed by atoms with Crippen molar-refractivity contribution in [1.82, 2.24) is 4.98 Å². The normalized spacial score (nSPS) is 22.7. The van der Waals surface area contributed by atoms with E-state index in [4.69, 9.17) is 4.98 Å². The quantitative estimate of drug-likeness (QED) is 0.518. The van der Waals surface area contributed by atoms with Gasteiger partial charge in [0.15, 0.2) is 0 Å². The monoisotopic (exact) mass is 375 g/mol. The zero-order valence-electron chi connectivity index (χ0n) is 16.1. The average Bonchev–Trinajstić information content (AvgIpc) is 3.09. The lowest BCUT2D eigenvalue weighted by Crippen LogP contribution is -2.00. The maximum atomic E-state index is 5.04. The molecule has 1 aromatic carbocycles. The van der Waals surface area contributed by atoms with Gasteiger partial charge in [-0.05, 0) is 36.1 Å². The van der Waals surface area contributed by atoms with Crippen LogP contribution >= 0.6 is 11.3 Å². The van der Waals surface area contributed by atoms with Gasteiger partial charge in [0.1, 0.15) is 0 Å². The Bertz CT molecular complexity index is 871. The smallest absolute Gasteiger partial charge is 0.0969 e. The fourth-order valence-corrected chi connectivity index (χ4v) is 5.29. The van der Waals surface area contributed by atoms with Gasteiger partial charge in [-0.2, -0.15) is 0 Å². The minimum Gasteiger partial charge on any atom is -0.241 e. The third-order valence-corrected chi connectivity index (χ3v) is 6.87. The molecule has 0 saturated heterocycles. The summed E-state index contributed by atoms with van der Waals surface area (Å²) < 4.78 is 1.33. The first kappa shape index (κ1) is 18.4. The zero-order valence-corrected chi connectivity index (χ0v) is 16.9. The Morgan fingerprint density at radius 2 is 1.48 bits per heavy atom. The van der Waals surface area contributed by atoms with E-state index in [-0.39, 0.29) is 0 Å². The van der Waals surface area contributed by atoms with Crippen molar-refractivity contribution in [3.05, 3.63) is 71.3 Å². The molecule has 2 heteroatoms. The van der Waals surface area contributed by atoms with Crippen LogP contribution in [0.2, 0.25) is 0 Å². The number of aromatic nitrogens is 1. The minimum atomic E-state index is 0.664. The second kappa shape index (κ2) is 9.32. The van der Waals surface area contributed by atoms with Crippen LogP contribution in [0.1, 0.15) is 74.3 Å². The molecule has 1 aromatic heterocycles. The van der Waals surface area contributed by atoms with Gasteiger partial charge in [0.2, 0.25) is 0 Å². The molecule has 4 rings (SSSR count). The van der Waals surface area contributed by atoms with E-state index < -0.39 is 0 Å². The van der Waals surface area contributed by atoms with E-state index in [2.05, 4.69) is 60.7 Å². The Labute approximate surface area is 167 Å². The SMILES string of the molecule is C1=C/C=C\C(c2ccc3nc(C4CCCCCCCCC4)sc3c2)=C/C=C1. The molecule has 140 valence electrons. The van der Waals surface area contributed by atoms with Crippen LogP contribution in [-0.2, 0) is 0 Å². The van der Waals surface area contributed by atoms with Crippen molar-refractivity contribution in [3.63, 3.8) is 0 Å². The molecule has 2 aromatic rings. The third-order valence-electron chi connectivity index (χ3n) is 5.69. The van der Waals surface area contributed by atoms with Crippen LogP contribution in [0, 0.1) is 0 Å². The molecule has 1 heterocycles. The summed E-state index contributed by atoms with van der Waals surface area (Å²) >= 11 is 1.92. The van der Waals surface area contributed by atoms with Gasteiger partial charge in [0.25, 0.3) is 0 Å². The lowest BCUT2D eigenvalue weighted by atomic mass is 9.93. The molecule has 1 saturated carbocycles. The summed E-state index contributed by atoms with van der Waals surface area (Å²) in [6.07, 6.45) is 27.2. The number of hydrogen-bond donors (Lipinski definition) is 0. The first-order valence-electron chi connectivity index (χ1n) is 10.5. The van der Waals surface area contributed by atoms with Crippen molar-refractivity contribution in [2.75, 3.05) is 0 Å². The van der Waals surface area contributed by atoms with Crippen LogP contribution in [0.3, 0.4) is 0 Å². The Kier molecular flexibility index (Phi) is 6.36. The van der Waals surface area contributed by atoms with E-state index in [0.717, 1.165) is 0 Å². The highest BCUT2D eigenvalue weighted by Crippen LogP contribution is 2.36. The number of fused-ring (bicyclic) bond motifs is 1. The average molecular weight is 376 g/mol. The van der Waals surface area contributed by atoms with Crippen LogP contribution in [0.4, 0.5) is 0 Å². The number of benzene rings is 1. The molecule has 27 heavy (non-hydrogen) atoms. The molecule has 0 radical (unpaired) electrons. The summed E-state index contributed by atoms with van der Waals surface area (Å²) in [5, 5.41) is 1.37. The molecule has 0 unspecified atom stereocenters. The Morgan fingerprint density at radius 1 is 0.778 bits per heavy atom. The predicted octanol–water partition coefficient (Wildman–Crippen LogP) is 7.97. The van der Waals surface area contributed by atoms with Gasteiger partial charge in [0.05, 0.1) is 15.2 Å². The van der Waals surface area contributed by atoms with E-state index >= 15 is 0 Å². The van der Waals surface area contributed by atoms with E-state index in [1.807, 2.05) is 11.3 Å². The minimum absolute atomic E-state index is 0.664. The maximum Gasteiger partial charge on any atom is 0.0969 e. The molecule has 0 aliphatic heterocycles. The van der Waals surface area contributed by atoms with E-state index in [1.54, 1.807) is 0 Å². The second-order valence-corrected chi connectivity index (χ2v) is 8.80. The zero-order chi connectivity index (χ0) is 18.3. The maximum absolute atomic E-state index is 5.04. The van der Waals surface area contributed by atoms with Crippen LogP contribution in [0.5, 0.6) is 0 Å². The molecule has 1 fully saturated rings. The molecule has 1 nitrogen and oxygen atoms in total. The van der Waals surface area contributed by atoms with Gasteiger partial charge in [-0.3, -0.25) is 0 Å². The molecule has 0 amide bonds. The van der Waals surface area contributed by atoms with Gasteiger partial charge < -0.3 is 0 Å². The van der Waals surface area contributed by atoms with Gasteiger partial charge in [-0.25, -0.2) is 4.98 Å². The number of allylic oxidation sites excluding steroid dienone is 8. The lowest BCUT2D eigenvalue weighted by molar-refractivity contribution is 0.462. The van der Waals surface area contributed by atoms with Crippen LogP contribution in [0.15, 0.2) is 60.7 Å². The summed E-state index contributed by atoms with van der Waals surface area (Å²) in [6, 6.07) is 6.75. The van der Waals surface area contributed by atoms with E-state index in [0.29, 0.717) is 5.92 Å². The number of hydrogen-bond acceptors (Lipinski definition) is 2. The van der Waals surface area contributed by atoms with Crippen molar-refractivity contribution in [2.45, 2.75) is 63.7 Å². The summed E-state index contributed by atoms with van der Waals surface area (Å²) in [4.78, 5) is 5.04. The summed E-state index contributed by atoms with van der Waals surface area (Å²) in [6.45, 7) is 0. The molecular weight excluding hydrogens is 346 g/mol. The van der Waals surface area contributed by atoms with E-state index in [9.17, 15) is 0 Å². The van der Waals surface area contributed by atoms with Crippen LogP contribution < -0.4 is 0 Å². The molecule has 2 aliphatic rings. The molecule has 2 aliphatic carbocycles. The molecular formula is C25H29NS. The fourth-order valence-electron chi connectivity index (χ4n) is 4.11. The summed E-state index contributed by atoms with van der Waals surface area (Å²) in [5.41, 5.74) is 3.70. The van der Waals surface area contributed by atoms with Crippen LogP contribution in [0.25, 0.3) is 15.8 Å². The standard InChI is InChI=1S/C25H29NS/c1-2-5-11-15-21(16-12-6-3-1)25-26-23-18-17-22(19-24(23)27-25)20-13-9-7-4-8-10-14-20/h4,7-10,13-14,17-19,21H,1-3,5-6,11-12,15-16H2/b7-4?,8-4?,9-7?,10-8?,13-9-,14-10?,20-13?,20-14+. The predicted molar refractivity (Wildman–Crippen MR) is 119 cm³/mol. The lowest BCUT2D eigenvalue weighted by Gasteiger charge is -2.16. The first-order chi connectivity index (χ1) is 13.4. The first-order valence-corrected chi connectivity index (χ1v) is 11.3.